The molecular weight excluding hydrogens is 310 g/mol. The molecule has 1 N–H and O–H groups in total. The molecule has 0 saturated heterocycles. The summed E-state index contributed by atoms with van der Waals surface area (Å²) in [5.74, 6) is 1.18. The molecule has 2 heterocycles. The van der Waals surface area contributed by atoms with Gasteiger partial charge in [0, 0.05) is 48.9 Å². The van der Waals surface area contributed by atoms with Crippen molar-refractivity contribution in [1.29, 1.82) is 0 Å². The smallest absolute Gasteiger partial charge is 0.162 e. The Labute approximate surface area is 150 Å². The Morgan fingerprint density at radius 1 is 1.28 bits per heavy atom. The van der Waals surface area contributed by atoms with E-state index in [1.165, 1.54) is 11.1 Å². The zero-order valence-corrected chi connectivity index (χ0v) is 15.4. The molecule has 1 aromatic carbocycles. The van der Waals surface area contributed by atoms with Crippen molar-refractivity contribution in [2.75, 3.05) is 19.6 Å². The Bertz CT molecular complexity index is 743. The molecule has 0 aliphatic carbocycles. The van der Waals surface area contributed by atoms with Gasteiger partial charge in [0.05, 0.1) is 0 Å². The molecule has 0 aromatic heterocycles. The van der Waals surface area contributed by atoms with Gasteiger partial charge in [-0.05, 0) is 31.4 Å². The zero-order chi connectivity index (χ0) is 18.0. The number of nitrogens with zero attached hydrogens (tertiary/aromatic N) is 2. The molecule has 3 rings (SSSR count). The van der Waals surface area contributed by atoms with Crippen molar-refractivity contribution in [1.82, 2.24) is 10.2 Å². The Balaban J connectivity index is 1.74. The van der Waals surface area contributed by atoms with Gasteiger partial charge in [0.1, 0.15) is 5.84 Å². The number of allylic oxidation sites excluding steroid dienone is 1. The minimum absolute atomic E-state index is 0.139. The number of likely N-dealkylation sites (N-methyl/N-ethyl adjacent to an activating group) is 1. The Morgan fingerprint density at radius 3 is 2.64 bits per heavy atom. The van der Waals surface area contributed by atoms with E-state index in [2.05, 4.69) is 30.6 Å². The summed E-state index contributed by atoms with van der Waals surface area (Å²) >= 11 is 0. The van der Waals surface area contributed by atoms with E-state index in [-0.39, 0.29) is 11.8 Å². The fourth-order valence-electron chi connectivity index (χ4n) is 3.52. The summed E-state index contributed by atoms with van der Waals surface area (Å²) in [6, 6.07) is 8.04. The minimum atomic E-state index is 0.139. The number of rotatable bonds is 5. The Kier molecular flexibility index (Phi) is 5.07. The first-order chi connectivity index (χ1) is 12.0. The van der Waals surface area contributed by atoms with Crippen molar-refractivity contribution in [3.05, 3.63) is 58.8 Å². The number of hydrogen-bond donors (Lipinski definition) is 1. The number of carbonyl (C=O) groups excluding carboxylic acids is 1. The maximum Gasteiger partial charge on any atom is 0.162 e. The van der Waals surface area contributed by atoms with Crippen molar-refractivity contribution in [2.24, 2.45) is 4.99 Å². The fraction of sp³-hybridized carbons (Fsp3) is 0.429. The maximum atomic E-state index is 11.8. The third kappa shape index (κ3) is 3.39. The molecule has 0 unspecified atom stereocenters. The van der Waals surface area contributed by atoms with Crippen molar-refractivity contribution < 1.29 is 4.79 Å². The van der Waals surface area contributed by atoms with E-state index >= 15 is 0 Å². The van der Waals surface area contributed by atoms with Crippen LogP contribution in [0.25, 0.3) is 0 Å². The lowest BCUT2D eigenvalue weighted by molar-refractivity contribution is 0.0988. The lowest BCUT2D eigenvalue weighted by atomic mass is 10.0. The van der Waals surface area contributed by atoms with Crippen LogP contribution in [0.5, 0.6) is 0 Å². The lowest BCUT2D eigenvalue weighted by Crippen LogP contribution is -2.32. The second-order valence-corrected chi connectivity index (χ2v) is 6.66. The topological polar surface area (TPSA) is 44.7 Å². The number of benzene rings is 1. The summed E-state index contributed by atoms with van der Waals surface area (Å²) < 4.78 is 0. The van der Waals surface area contributed by atoms with E-state index in [0.29, 0.717) is 6.42 Å². The number of ketones is 1. The average Bonchev–Trinajstić information content (AvgIpc) is 2.98. The molecule has 0 amide bonds. The normalized spacial score (nSPS) is 18.1. The summed E-state index contributed by atoms with van der Waals surface area (Å²) in [6.07, 6.45) is 1.52. The minimum Gasteiger partial charge on any atom is -0.368 e. The van der Waals surface area contributed by atoms with Gasteiger partial charge in [0.25, 0.3) is 0 Å². The number of dihydropyridines is 1. The van der Waals surface area contributed by atoms with Gasteiger partial charge in [-0.25, -0.2) is 0 Å². The van der Waals surface area contributed by atoms with Crippen LogP contribution in [-0.4, -0.2) is 36.2 Å². The molecule has 2 aliphatic rings. The maximum absolute atomic E-state index is 11.8. The van der Waals surface area contributed by atoms with Gasteiger partial charge in [-0.1, -0.05) is 37.8 Å². The monoisotopic (exact) mass is 337 g/mol. The number of carbonyl (C=O) groups is 1. The first-order valence-electron chi connectivity index (χ1n) is 9.15. The highest BCUT2D eigenvalue weighted by Gasteiger charge is 2.29. The molecule has 4 nitrogen and oxygen atoms in total. The molecule has 0 fully saturated rings. The highest BCUT2D eigenvalue weighted by molar-refractivity contribution is 6.01. The third-order valence-electron chi connectivity index (χ3n) is 5.15. The molecular formula is C21H27N3O. The van der Waals surface area contributed by atoms with Gasteiger partial charge < -0.3 is 10.2 Å². The quantitative estimate of drug-likeness (QED) is 0.829. The predicted molar refractivity (Wildman–Crippen MR) is 103 cm³/mol. The van der Waals surface area contributed by atoms with Gasteiger partial charge in [-0.15, -0.1) is 0 Å². The van der Waals surface area contributed by atoms with Crippen LogP contribution >= 0.6 is 0 Å². The van der Waals surface area contributed by atoms with Crippen LogP contribution in [0.2, 0.25) is 0 Å². The van der Waals surface area contributed by atoms with Crippen molar-refractivity contribution in [2.45, 2.75) is 39.7 Å². The van der Waals surface area contributed by atoms with E-state index < -0.39 is 0 Å². The number of aliphatic imine (C=N–C) groups is 1. The number of hydrogen-bond acceptors (Lipinski definition) is 4. The standard InChI is InChI=1S/C21H27N3O/c1-5-20(25)17-9-7-16(8-10-17)14(3)23-21-19-13-24(6-2)15(4)18(19)11-12-22-21/h7-10,14H,4-6,11-13H2,1-3H3,(H,22,23)/t14-/m0/s1. The highest BCUT2D eigenvalue weighted by atomic mass is 16.1. The average molecular weight is 337 g/mol. The van der Waals surface area contributed by atoms with E-state index in [4.69, 9.17) is 4.99 Å². The van der Waals surface area contributed by atoms with Crippen LogP contribution in [0.4, 0.5) is 0 Å². The third-order valence-corrected chi connectivity index (χ3v) is 5.15. The molecule has 0 bridgehead atoms. The second-order valence-electron chi connectivity index (χ2n) is 6.66. The largest absolute Gasteiger partial charge is 0.368 e. The molecule has 132 valence electrons. The van der Waals surface area contributed by atoms with E-state index in [1.54, 1.807) is 0 Å². The van der Waals surface area contributed by atoms with Gasteiger partial charge >= 0.3 is 0 Å². The van der Waals surface area contributed by atoms with E-state index in [9.17, 15) is 4.79 Å². The lowest BCUT2D eigenvalue weighted by Gasteiger charge is -2.21. The van der Waals surface area contributed by atoms with Gasteiger partial charge in [0.15, 0.2) is 5.78 Å². The van der Waals surface area contributed by atoms with E-state index in [0.717, 1.165) is 48.7 Å². The molecule has 2 aliphatic heterocycles. The molecule has 0 saturated carbocycles. The molecule has 1 atom stereocenters. The number of amidine groups is 1. The molecule has 4 heteroatoms. The highest BCUT2D eigenvalue weighted by Crippen LogP contribution is 2.32. The Hall–Kier alpha value is -2.36. The van der Waals surface area contributed by atoms with Crippen molar-refractivity contribution >= 4 is 11.6 Å². The second kappa shape index (κ2) is 7.26. The number of Topliss-reactive ketones (excluding diaryl/α,β-unsaturated/α-hetero) is 1. The van der Waals surface area contributed by atoms with Crippen LogP contribution in [-0.2, 0) is 0 Å². The van der Waals surface area contributed by atoms with Gasteiger partial charge in [-0.3, -0.25) is 9.79 Å². The summed E-state index contributed by atoms with van der Waals surface area (Å²) in [5, 5.41) is 3.57. The van der Waals surface area contributed by atoms with E-state index in [1.807, 2.05) is 31.2 Å². The first kappa shape index (κ1) is 17.5. The summed E-state index contributed by atoms with van der Waals surface area (Å²) in [4.78, 5) is 18.8. The van der Waals surface area contributed by atoms with Crippen LogP contribution in [0, 0.1) is 0 Å². The van der Waals surface area contributed by atoms with Gasteiger partial charge in [-0.2, -0.15) is 0 Å². The summed E-state index contributed by atoms with van der Waals surface area (Å²) in [7, 11) is 0. The van der Waals surface area contributed by atoms with Gasteiger partial charge in [0.2, 0.25) is 0 Å². The van der Waals surface area contributed by atoms with Crippen LogP contribution in [0.15, 0.2) is 52.7 Å². The molecule has 1 aromatic rings. The fourth-order valence-corrected chi connectivity index (χ4v) is 3.52. The molecule has 25 heavy (non-hydrogen) atoms. The van der Waals surface area contributed by atoms with Crippen LogP contribution < -0.4 is 5.32 Å². The Morgan fingerprint density at radius 2 is 2.00 bits per heavy atom. The predicted octanol–water partition coefficient (Wildman–Crippen LogP) is 3.88. The molecule has 0 radical (unpaired) electrons. The first-order valence-corrected chi connectivity index (χ1v) is 9.15. The summed E-state index contributed by atoms with van der Waals surface area (Å²) in [5.41, 5.74) is 5.75. The molecule has 0 spiro atoms. The number of nitrogens with one attached hydrogen (secondary N) is 1. The van der Waals surface area contributed by atoms with Crippen molar-refractivity contribution in [3.8, 4) is 0 Å². The van der Waals surface area contributed by atoms with Crippen LogP contribution in [0.1, 0.15) is 55.6 Å². The van der Waals surface area contributed by atoms with Crippen LogP contribution in [0.3, 0.4) is 0 Å². The van der Waals surface area contributed by atoms with Crippen molar-refractivity contribution in [3.63, 3.8) is 0 Å². The summed E-state index contributed by atoms with van der Waals surface area (Å²) in [6.45, 7) is 13.1. The zero-order valence-electron chi connectivity index (χ0n) is 15.4. The SMILES string of the molecule is C=C1C2=C(CN1CC)C(N[C@@H](C)c1ccc(C(=O)CC)cc1)=NCC2.